The number of fused-ring (bicyclic) bond motifs is 3. The van der Waals surface area contributed by atoms with Gasteiger partial charge in [-0.25, -0.2) is 4.98 Å². The standard InChI is InChI=1S/C19H16N4O/c1-11-12(2)22-23-19(20-11)21-18(24)17-15-9-5-3-7-13(15)14-8-4-6-10-16(14)17/h3-10,17H,1-2H3,(H,20,21,23,24). The predicted molar refractivity (Wildman–Crippen MR) is 91.7 cm³/mol. The summed E-state index contributed by atoms with van der Waals surface area (Å²) in [7, 11) is 0. The summed E-state index contributed by atoms with van der Waals surface area (Å²) in [5.41, 5.74) is 5.73. The fraction of sp³-hybridized carbons (Fsp3) is 0.158. The van der Waals surface area contributed by atoms with Crippen LogP contribution in [-0.2, 0) is 4.79 Å². The minimum absolute atomic E-state index is 0.141. The number of hydrogen-bond acceptors (Lipinski definition) is 4. The second-order valence-electron chi connectivity index (χ2n) is 5.90. The highest BCUT2D eigenvalue weighted by Gasteiger charge is 2.33. The van der Waals surface area contributed by atoms with Crippen LogP contribution in [0, 0.1) is 13.8 Å². The molecule has 0 saturated carbocycles. The average molecular weight is 316 g/mol. The molecule has 0 fully saturated rings. The Kier molecular flexibility index (Phi) is 3.34. The van der Waals surface area contributed by atoms with Gasteiger partial charge in [0.25, 0.3) is 0 Å². The molecule has 1 amide bonds. The molecule has 2 aromatic carbocycles. The molecule has 1 heterocycles. The molecule has 1 N–H and O–H groups in total. The number of carbonyl (C=O) groups excluding carboxylic acids is 1. The molecule has 4 rings (SSSR count). The molecule has 5 heteroatoms. The molecule has 0 bridgehead atoms. The minimum Gasteiger partial charge on any atom is -0.292 e. The zero-order valence-electron chi connectivity index (χ0n) is 13.4. The molecule has 5 nitrogen and oxygen atoms in total. The van der Waals surface area contributed by atoms with E-state index in [1.165, 1.54) is 0 Å². The molecule has 0 spiro atoms. The average Bonchev–Trinajstić information content (AvgIpc) is 2.93. The van der Waals surface area contributed by atoms with Crippen molar-refractivity contribution in [3.8, 4) is 11.1 Å². The van der Waals surface area contributed by atoms with Crippen LogP contribution in [0.25, 0.3) is 11.1 Å². The van der Waals surface area contributed by atoms with Crippen molar-refractivity contribution in [2.75, 3.05) is 5.32 Å². The van der Waals surface area contributed by atoms with Gasteiger partial charge in [-0.05, 0) is 36.1 Å². The molecular formula is C19H16N4O. The van der Waals surface area contributed by atoms with Crippen LogP contribution in [-0.4, -0.2) is 21.1 Å². The van der Waals surface area contributed by atoms with E-state index in [-0.39, 0.29) is 17.8 Å². The van der Waals surface area contributed by atoms with Crippen molar-refractivity contribution in [1.82, 2.24) is 15.2 Å². The van der Waals surface area contributed by atoms with E-state index in [4.69, 9.17) is 0 Å². The lowest BCUT2D eigenvalue weighted by Gasteiger charge is -2.13. The van der Waals surface area contributed by atoms with Gasteiger partial charge in [0.2, 0.25) is 11.9 Å². The van der Waals surface area contributed by atoms with Crippen molar-refractivity contribution in [2.45, 2.75) is 19.8 Å². The number of nitrogens with zero attached hydrogens (tertiary/aromatic N) is 3. The molecular weight excluding hydrogens is 300 g/mol. The second kappa shape index (κ2) is 5.53. The van der Waals surface area contributed by atoms with Crippen molar-refractivity contribution in [1.29, 1.82) is 0 Å². The van der Waals surface area contributed by atoms with E-state index in [0.717, 1.165) is 33.6 Å². The van der Waals surface area contributed by atoms with Crippen LogP contribution >= 0.6 is 0 Å². The van der Waals surface area contributed by atoms with E-state index in [0.29, 0.717) is 0 Å². The highest BCUT2D eigenvalue weighted by atomic mass is 16.2. The maximum Gasteiger partial charge on any atom is 0.249 e. The summed E-state index contributed by atoms with van der Waals surface area (Å²) in [6.45, 7) is 3.68. The van der Waals surface area contributed by atoms with E-state index in [9.17, 15) is 4.79 Å². The molecule has 0 atom stereocenters. The van der Waals surface area contributed by atoms with Crippen LogP contribution in [0.3, 0.4) is 0 Å². The van der Waals surface area contributed by atoms with Crippen molar-refractivity contribution in [3.05, 3.63) is 71.0 Å². The van der Waals surface area contributed by atoms with E-state index in [1.54, 1.807) is 0 Å². The van der Waals surface area contributed by atoms with Gasteiger partial charge in [0.05, 0.1) is 17.3 Å². The lowest BCUT2D eigenvalue weighted by atomic mass is 9.96. The molecule has 0 radical (unpaired) electrons. The summed E-state index contributed by atoms with van der Waals surface area (Å²) in [6.07, 6.45) is 0. The number of amides is 1. The summed E-state index contributed by atoms with van der Waals surface area (Å²) in [4.78, 5) is 17.2. The highest BCUT2D eigenvalue weighted by molar-refractivity contribution is 6.02. The van der Waals surface area contributed by atoms with Gasteiger partial charge in [-0.1, -0.05) is 48.5 Å². The number of aromatic nitrogens is 3. The number of rotatable bonds is 2. The van der Waals surface area contributed by atoms with E-state index in [2.05, 4.69) is 32.6 Å². The van der Waals surface area contributed by atoms with Crippen molar-refractivity contribution in [3.63, 3.8) is 0 Å². The van der Waals surface area contributed by atoms with Crippen LogP contribution in [0.15, 0.2) is 48.5 Å². The lowest BCUT2D eigenvalue weighted by Crippen LogP contribution is -2.22. The van der Waals surface area contributed by atoms with Gasteiger partial charge >= 0.3 is 0 Å². The molecule has 1 aliphatic carbocycles. The number of anilines is 1. The minimum atomic E-state index is -0.359. The first kappa shape index (κ1) is 14.5. The first-order valence-corrected chi connectivity index (χ1v) is 7.82. The summed E-state index contributed by atoms with van der Waals surface area (Å²) < 4.78 is 0. The Bertz CT molecular complexity index is 906. The van der Waals surface area contributed by atoms with Gasteiger partial charge in [-0.2, -0.15) is 5.10 Å². The summed E-state index contributed by atoms with van der Waals surface area (Å²) in [6, 6.07) is 16.0. The van der Waals surface area contributed by atoms with Crippen LogP contribution in [0.2, 0.25) is 0 Å². The zero-order chi connectivity index (χ0) is 16.7. The third kappa shape index (κ3) is 2.25. The molecule has 1 aliphatic rings. The SMILES string of the molecule is Cc1nnc(NC(=O)C2c3ccccc3-c3ccccc32)nc1C. The summed E-state index contributed by atoms with van der Waals surface area (Å²) in [5, 5.41) is 10.8. The van der Waals surface area contributed by atoms with E-state index >= 15 is 0 Å². The molecule has 0 unspecified atom stereocenters. The van der Waals surface area contributed by atoms with Crippen LogP contribution in [0.4, 0.5) is 5.95 Å². The molecule has 0 saturated heterocycles. The summed E-state index contributed by atoms with van der Waals surface area (Å²) >= 11 is 0. The van der Waals surface area contributed by atoms with Crippen molar-refractivity contribution in [2.24, 2.45) is 0 Å². The number of carbonyl (C=O) groups is 1. The first-order valence-electron chi connectivity index (χ1n) is 7.82. The smallest absolute Gasteiger partial charge is 0.249 e. The lowest BCUT2D eigenvalue weighted by molar-refractivity contribution is -0.116. The maximum absolute atomic E-state index is 12.9. The van der Waals surface area contributed by atoms with Crippen LogP contribution < -0.4 is 5.32 Å². The third-order valence-electron chi connectivity index (χ3n) is 4.42. The van der Waals surface area contributed by atoms with Gasteiger partial charge in [0.1, 0.15) is 0 Å². The van der Waals surface area contributed by atoms with Gasteiger partial charge in [0.15, 0.2) is 0 Å². The highest BCUT2D eigenvalue weighted by Crippen LogP contribution is 2.44. The van der Waals surface area contributed by atoms with Crippen molar-refractivity contribution < 1.29 is 4.79 Å². The Morgan fingerprint density at radius 2 is 1.46 bits per heavy atom. The molecule has 0 aliphatic heterocycles. The molecule has 24 heavy (non-hydrogen) atoms. The zero-order valence-corrected chi connectivity index (χ0v) is 13.4. The fourth-order valence-corrected chi connectivity index (χ4v) is 3.13. The van der Waals surface area contributed by atoms with Crippen LogP contribution in [0.5, 0.6) is 0 Å². The Labute approximate surface area is 139 Å². The van der Waals surface area contributed by atoms with E-state index < -0.39 is 0 Å². The quantitative estimate of drug-likeness (QED) is 0.788. The Morgan fingerprint density at radius 3 is 2.04 bits per heavy atom. The fourth-order valence-electron chi connectivity index (χ4n) is 3.13. The summed E-state index contributed by atoms with van der Waals surface area (Å²) in [5.74, 6) is -0.259. The normalized spacial score (nSPS) is 12.6. The Balaban J connectivity index is 1.73. The Hall–Kier alpha value is -3.08. The van der Waals surface area contributed by atoms with Crippen LogP contribution in [0.1, 0.15) is 28.4 Å². The largest absolute Gasteiger partial charge is 0.292 e. The van der Waals surface area contributed by atoms with Crippen molar-refractivity contribution >= 4 is 11.9 Å². The Morgan fingerprint density at radius 1 is 0.875 bits per heavy atom. The topological polar surface area (TPSA) is 67.8 Å². The van der Waals surface area contributed by atoms with Gasteiger partial charge in [-0.3, -0.25) is 10.1 Å². The number of aryl methyl sites for hydroxylation is 2. The first-order chi connectivity index (χ1) is 11.6. The monoisotopic (exact) mass is 316 g/mol. The maximum atomic E-state index is 12.9. The van der Waals surface area contributed by atoms with Gasteiger partial charge in [-0.15, -0.1) is 5.10 Å². The van der Waals surface area contributed by atoms with E-state index in [1.807, 2.05) is 50.2 Å². The number of hydrogen-bond donors (Lipinski definition) is 1. The predicted octanol–water partition coefficient (Wildman–Crippen LogP) is 3.24. The third-order valence-corrected chi connectivity index (χ3v) is 4.42. The number of benzene rings is 2. The molecule has 1 aromatic heterocycles. The second-order valence-corrected chi connectivity index (χ2v) is 5.90. The number of nitrogens with one attached hydrogen (secondary N) is 1. The van der Waals surface area contributed by atoms with Gasteiger partial charge in [0, 0.05) is 0 Å². The molecule has 118 valence electrons. The van der Waals surface area contributed by atoms with Gasteiger partial charge < -0.3 is 0 Å². The molecule has 3 aromatic rings.